The van der Waals surface area contributed by atoms with Crippen LogP contribution >= 0.6 is 0 Å². The van der Waals surface area contributed by atoms with Gasteiger partial charge in [0.2, 0.25) is 5.91 Å². The van der Waals surface area contributed by atoms with E-state index in [1.165, 1.54) is 11.1 Å². The zero-order valence-corrected chi connectivity index (χ0v) is 13.1. The molecule has 0 bridgehead atoms. The van der Waals surface area contributed by atoms with Crippen LogP contribution < -0.4 is 0 Å². The van der Waals surface area contributed by atoms with Crippen LogP contribution in [0.2, 0.25) is 0 Å². The number of hydrogen-bond donors (Lipinski definition) is 0. The first-order valence-corrected chi connectivity index (χ1v) is 8.33. The molecule has 0 radical (unpaired) electrons. The Labute approximate surface area is 136 Å². The molecule has 0 aliphatic carbocycles. The molecule has 3 heteroatoms. The summed E-state index contributed by atoms with van der Waals surface area (Å²) < 4.78 is 5.97. The molecule has 2 aliphatic heterocycles. The van der Waals surface area contributed by atoms with Gasteiger partial charge in [-0.05, 0) is 29.9 Å². The predicted octanol–water partition coefficient (Wildman–Crippen LogP) is 3.57. The summed E-state index contributed by atoms with van der Waals surface area (Å²) in [4.78, 5) is 14.7. The normalized spacial score (nSPS) is 27.0. The highest BCUT2D eigenvalue weighted by molar-refractivity contribution is 5.78. The third kappa shape index (κ3) is 2.89. The van der Waals surface area contributed by atoms with Crippen LogP contribution in [0, 0.1) is 5.92 Å². The molecule has 2 heterocycles. The molecule has 2 aliphatic rings. The van der Waals surface area contributed by atoms with Crippen LogP contribution in [0.15, 0.2) is 60.7 Å². The van der Waals surface area contributed by atoms with Crippen LogP contribution in [0.5, 0.6) is 0 Å². The van der Waals surface area contributed by atoms with E-state index >= 15 is 0 Å². The molecule has 2 aromatic rings. The van der Waals surface area contributed by atoms with Crippen molar-refractivity contribution in [3.05, 3.63) is 71.8 Å². The summed E-state index contributed by atoms with van der Waals surface area (Å²) >= 11 is 0. The van der Waals surface area contributed by atoms with E-state index < -0.39 is 0 Å². The number of carbonyl (C=O) groups excluding carboxylic acids is 1. The van der Waals surface area contributed by atoms with Gasteiger partial charge in [-0.1, -0.05) is 60.7 Å². The van der Waals surface area contributed by atoms with E-state index in [0.717, 1.165) is 12.8 Å². The van der Waals surface area contributed by atoms with E-state index in [4.69, 9.17) is 4.74 Å². The largest absolute Gasteiger partial charge is 0.356 e. The Morgan fingerprint density at radius 3 is 2.43 bits per heavy atom. The molecule has 0 spiro atoms. The number of carbonyl (C=O) groups is 1. The molecule has 2 saturated heterocycles. The molecular formula is C20H21NO2. The minimum Gasteiger partial charge on any atom is -0.356 e. The standard InChI is InChI=1S/C20H21NO2/c22-19-12-16(11-15-7-3-1-4-8-15)13-20-21(19)18(14-23-20)17-9-5-2-6-10-17/h1-10,16,18,20H,11-14H2/t16-,18-,20-/m0/s1. The lowest BCUT2D eigenvalue weighted by Gasteiger charge is -2.36. The lowest BCUT2D eigenvalue weighted by molar-refractivity contribution is -0.145. The quantitative estimate of drug-likeness (QED) is 0.867. The number of benzene rings is 2. The van der Waals surface area contributed by atoms with E-state index in [2.05, 4.69) is 36.4 Å². The minimum atomic E-state index is -0.0600. The van der Waals surface area contributed by atoms with E-state index in [1.54, 1.807) is 0 Å². The number of fused-ring (bicyclic) bond motifs is 1. The average Bonchev–Trinajstić information content (AvgIpc) is 3.01. The van der Waals surface area contributed by atoms with Gasteiger partial charge in [-0.25, -0.2) is 0 Å². The van der Waals surface area contributed by atoms with Crippen LogP contribution in [-0.4, -0.2) is 23.6 Å². The SMILES string of the molecule is O=C1C[C@H](Cc2ccccc2)C[C@@H]2OC[C@@H](c3ccccc3)N12. The van der Waals surface area contributed by atoms with Crippen LogP contribution in [0.4, 0.5) is 0 Å². The van der Waals surface area contributed by atoms with E-state index in [9.17, 15) is 4.79 Å². The highest BCUT2D eigenvalue weighted by atomic mass is 16.5. The van der Waals surface area contributed by atoms with E-state index in [-0.39, 0.29) is 18.2 Å². The first kappa shape index (κ1) is 14.5. The molecule has 0 N–H and O–H groups in total. The number of amides is 1. The number of rotatable bonds is 3. The molecule has 2 fully saturated rings. The second-order valence-corrected chi connectivity index (χ2v) is 6.51. The van der Waals surface area contributed by atoms with Gasteiger partial charge in [0, 0.05) is 6.42 Å². The maximum Gasteiger partial charge on any atom is 0.225 e. The molecule has 0 saturated carbocycles. The van der Waals surface area contributed by atoms with Crippen molar-refractivity contribution in [2.24, 2.45) is 5.92 Å². The van der Waals surface area contributed by atoms with Gasteiger partial charge in [0.1, 0.15) is 6.23 Å². The highest BCUT2D eigenvalue weighted by Gasteiger charge is 2.43. The Hall–Kier alpha value is -2.13. The van der Waals surface area contributed by atoms with Crippen molar-refractivity contribution in [3.8, 4) is 0 Å². The monoisotopic (exact) mass is 307 g/mol. The Kier molecular flexibility index (Phi) is 3.88. The van der Waals surface area contributed by atoms with Gasteiger partial charge >= 0.3 is 0 Å². The molecule has 2 aromatic carbocycles. The summed E-state index contributed by atoms with van der Waals surface area (Å²) in [6, 6.07) is 20.7. The maximum absolute atomic E-state index is 12.7. The molecular weight excluding hydrogens is 286 g/mol. The second-order valence-electron chi connectivity index (χ2n) is 6.51. The summed E-state index contributed by atoms with van der Waals surface area (Å²) in [6.45, 7) is 0.610. The van der Waals surface area contributed by atoms with Crippen LogP contribution in [0.1, 0.15) is 30.0 Å². The zero-order valence-electron chi connectivity index (χ0n) is 13.1. The first-order valence-electron chi connectivity index (χ1n) is 8.33. The molecule has 4 rings (SSSR count). The third-order valence-electron chi connectivity index (χ3n) is 4.93. The first-order chi connectivity index (χ1) is 11.3. The fraction of sp³-hybridized carbons (Fsp3) is 0.350. The molecule has 23 heavy (non-hydrogen) atoms. The van der Waals surface area contributed by atoms with Crippen LogP contribution in [-0.2, 0) is 16.0 Å². The second kappa shape index (κ2) is 6.17. The highest BCUT2D eigenvalue weighted by Crippen LogP contribution is 2.38. The number of piperidine rings is 1. The molecule has 3 nitrogen and oxygen atoms in total. The lowest BCUT2D eigenvalue weighted by Crippen LogP contribution is -2.44. The van der Waals surface area contributed by atoms with Crippen molar-refractivity contribution in [3.63, 3.8) is 0 Å². The summed E-state index contributed by atoms with van der Waals surface area (Å²) in [5, 5.41) is 0. The molecule has 0 unspecified atom stereocenters. The van der Waals surface area contributed by atoms with E-state index in [1.807, 2.05) is 29.2 Å². The smallest absolute Gasteiger partial charge is 0.225 e. The fourth-order valence-electron chi connectivity index (χ4n) is 3.84. The van der Waals surface area contributed by atoms with Gasteiger partial charge in [0.05, 0.1) is 12.6 Å². The van der Waals surface area contributed by atoms with Gasteiger partial charge in [-0.2, -0.15) is 0 Å². The number of nitrogens with zero attached hydrogens (tertiary/aromatic N) is 1. The van der Waals surface area contributed by atoms with Crippen molar-refractivity contribution in [2.45, 2.75) is 31.5 Å². The van der Waals surface area contributed by atoms with Gasteiger partial charge in [-0.3, -0.25) is 4.79 Å². The molecule has 1 amide bonds. The Balaban J connectivity index is 1.48. The molecule has 0 aromatic heterocycles. The topological polar surface area (TPSA) is 29.5 Å². The van der Waals surface area contributed by atoms with Crippen molar-refractivity contribution < 1.29 is 9.53 Å². The number of ether oxygens (including phenoxy) is 1. The maximum atomic E-state index is 12.7. The summed E-state index contributed by atoms with van der Waals surface area (Å²) in [5.74, 6) is 0.606. The zero-order chi connectivity index (χ0) is 15.6. The minimum absolute atomic E-state index is 0.0600. The Bertz CT molecular complexity index is 671. The fourth-order valence-corrected chi connectivity index (χ4v) is 3.84. The number of hydrogen-bond acceptors (Lipinski definition) is 2. The van der Waals surface area contributed by atoms with Crippen molar-refractivity contribution in [1.82, 2.24) is 4.90 Å². The van der Waals surface area contributed by atoms with Gasteiger partial charge in [0.25, 0.3) is 0 Å². The van der Waals surface area contributed by atoms with Crippen LogP contribution in [0.3, 0.4) is 0 Å². The van der Waals surface area contributed by atoms with Crippen molar-refractivity contribution >= 4 is 5.91 Å². The van der Waals surface area contributed by atoms with E-state index in [0.29, 0.717) is 18.9 Å². The van der Waals surface area contributed by atoms with Gasteiger partial charge < -0.3 is 9.64 Å². The predicted molar refractivity (Wildman–Crippen MR) is 88.6 cm³/mol. The van der Waals surface area contributed by atoms with Gasteiger partial charge in [0.15, 0.2) is 0 Å². The molecule has 118 valence electrons. The lowest BCUT2D eigenvalue weighted by atomic mass is 9.88. The summed E-state index contributed by atoms with van der Waals surface area (Å²) in [6.07, 6.45) is 2.45. The van der Waals surface area contributed by atoms with Crippen molar-refractivity contribution in [1.29, 1.82) is 0 Å². The average molecular weight is 307 g/mol. The van der Waals surface area contributed by atoms with Gasteiger partial charge in [-0.15, -0.1) is 0 Å². The third-order valence-corrected chi connectivity index (χ3v) is 4.93. The molecule has 3 atom stereocenters. The van der Waals surface area contributed by atoms with Crippen molar-refractivity contribution in [2.75, 3.05) is 6.61 Å². The summed E-state index contributed by atoms with van der Waals surface area (Å²) in [7, 11) is 0. The Morgan fingerprint density at radius 1 is 1.00 bits per heavy atom. The summed E-state index contributed by atoms with van der Waals surface area (Å²) in [5.41, 5.74) is 2.47. The Morgan fingerprint density at radius 2 is 1.70 bits per heavy atom. The van der Waals surface area contributed by atoms with Crippen LogP contribution in [0.25, 0.3) is 0 Å².